The molecule has 0 aliphatic heterocycles. The average molecular weight is 440 g/mol. The van der Waals surface area contributed by atoms with Gasteiger partial charge in [-0.1, -0.05) is 29.3 Å². The smallest absolute Gasteiger partial charge is 0.253 e. The van der Waals surface area contributed by atoms with Crippen molar-refractivity contribution in [2.75, 3.05) is 25.0 Å². The molecular weight excluding hydrogens is 421 g/mol. The fourth-order valence-electron chi connectivity index (χ4n) is 3.22. The number of benzene rings is 2. The molecule has 0 fully saturated rings. The van der Waals surface area contributed by atoms with E-state index in [2.05, 4.69) is 20.2 Å². The van der Waals surface area contributed by atoms with Gasteiger partial charge < -0.3 is 10.2 Å². The van der Waals surface area contributed by atoms with Crippen LogP contribution >= 0.6 is 23.2 Å². The van der Waals surface area contributed by atoms with Gasteiger partial charge in [-0.2, -0.15) is 0 Å². The van der Waals surface area contributed by atoms with E-state index in [0.29, 0.717) is 34.6 Å². The Balaban J connectivity index is 1.52. The molecule has 0 atom stereocenters. The number of aromatic nitrogens is 3. The molecule has 0 saturated carbocycles. The molecule has 1 amide bonds. The first-order valence-electron chi connectivity index (χ1n) is 9.36. The molecule has 30 heavy (non-hydrogen) atoms. The maximum Gasteiger partial charge on any atom is 0.253 e. The van der Waals surface area contributed by atoms with Gasteiger partial charge >= 0.3 is 0 Å². The number of carbonyl (C=O) groups is 1. The maximum atomic E-state index is 12.9. The van der Waals surface area contributed by atoms with Crippen LogP contribution in [-0.2, 0) is 0 Å². The van der Waals surface area contributed by atoms with E-state index in [1.807, 2.05) is 37.4 Å². The molecule has 0 aliphatic rings. The normalized spacial score (nSPS) is 10.9. The first kappa shape index (κ1) is 20.2. The van der Waals surface area contributed by atoms with E-state index in [4.69, 9.17) is 23.2 Å². The van der Waals surface area contributed by atoms with Crippen molar-refractivity contribution in [3.63, 3.8) is 0 Å². The second-order valence-corrected chi connectivity index (χ2v) is 7.65. The number of likely N-dealkylation sites (N-methyl/N-ethyl adjacent to an activating group) is 1. The van der Waals surface area contributed by atoms with E-state index in [-0.39, 0.29) is 5.91 Å². The second-order valence-electron chi connectivity index (χ2n) is 6.78. The predicted molar refractivity (Wildman–Crippen MR) is 121 cm³/mol. The zero-order valence-electron chi connectivity index (χ0n) is 16.2. The molecule has 6 nitrogen and oxygen atoms in total. The Morgan fingerprint density at radius 2 is 1.77 bits per heavy atom. The monoisotopic (exact) mass is 439 g/mol. The van der Waals surface area contributed by atoms with Crippen LogP contribution in [0.15, 0.2) is 67.1 Å². The van der Waals surface area contributed by atoms with Gasteiger partial charge in [-0.15, -0.1) is 0 Å². The number of hydrogen-bond donors (Lipinski definition) is 1. The number of nitrogens with zero attached hydrogens (tertiary/aromatic N) is 4. The summed E-state index contributed by atoms with van der Waals surface area (Å²) in [5.74, 6) is 0.313. The summed E-state index contributed by atoms with van der Waals surface area (Å²) < 4.78 is 1.77. The molecule has 0 radical (unpaired) electrons. The van der Waals surface area contributed by atoms with E-state index < -0.39 is 0 Å². The van der Waals surface area contributed by atoms with Crippen molar-refractivity contribution in [1.29, 1.82) is 0 Å². The van der Waals surface area contributed by atoms with Crippen LogP contribution in [0.2, 0.25) is 10.0 Å². The minimum Gasteiger partial charge on any atom is -0.373 e. The SMILES string of the molecule is CN(CCNC(=O)c1cn(-c2ncccn2)c2cc(Cl)ccc12)c1ccc(Cl)cc1. The van der Waals surface area contributed by atoms with Crippen LogP contribution in [0.1, 0.15) is 10.4 Å². The summed E-state index contributed by atoms with van der Waals surface area (Å²) >= 11 is 12.1. The minimum absolute atomic E-state index is 0.165. The molecular formula is C22H19Cl2N5O. The van der Waals surface area contributed by atoms with Gasteiger partial charge in [-0.3, -0.25) is 9.36 Å². The predicted octanol–water partition coefficient (Wildman–Crippen LogP) is 4.59. The van der Waals surface area contributed by atoms with Gasteiger partial charge in [0.05, 0.1) is 11.1 Å². The van der Waals surface area contributed by atoms with Gasteiger partial charge in [0, 0.05) is 59.8 Å². The van der Waals surface area contributed by atoms with Gasteiger partial charge in [0.1, 0.15) is 0 Å². The highest BCUT2D eigenvalue weighted by molar-refractivity contribution is 6.31. The highest BCUT2D eigenvalue weighted by Gasteiger charge is 2.17. The molecule has 152 valence electrons. The van der Waals surface area contributed by atoms with E-state index >= 15 is 0 Å². The Labute approximate surface area is 184 Å². The van der Waals surface area contributed by atoms with Crippen LogP contribution in [0.25, 0.3) is 16.9 Å². The summed E-state index contributed by atoms with van der Waals surface area (Å²) in [5.41, 5.74) is 2.35. The first-order chi connectivity index (χ1) is 14.5. The molecule has 8 heteroatoms. The zero-order valence-corrected chi connectivity index (χ0v) is 17.7. The fourth-order valence-corrected chi connectivity index (χ4v) is 3.51. The van der Waals surface area contributed by atoms with Crippen molar-refractivity contribution in [3.8, 4) is 5.95 Å². The van der Waals surface area contributed by atoms with Crippen molar-refractivity contribution in [2.45, 2.75) is 0 Å². The fraction of sp³-hybridized carbons (Fsp3) is 0.136. The quantitative estimate of drug-likeness (QED) is 0.476. The summed E-state index contributed by atoms with van der Waals surface area (Å²) in [6.45, 7) is 1.14. The highest BCUT2D eigenvalue weighted by atomic mass is 35.5. The summed E-state index contributed by atoms with van der Waals surface area (Å²) in [5, 5.41) is 5.05. The Hall–Kier alpha value is -3.09. The molecule has 4 aromatic rings. The molecule has 0 aliphatic carbocycles. The number of rotatable bonds is 6. The largest absolute Gasteiger partial charge is 0.373 e. The van der Waals surface area contributed by atoms with Crippen molar-refractivity contribution in [1.82, 2.24) is 19.9 Å². The van der Waals surface area contributed by atoms with Crippen molar-refractivity contribution >= 4 is 45.7 Å². The molecule has 4 rings (SSSR count). The van der Waals surface area contributed by atoms with Gasteiger partial charge in [0.25, 0.3) is 5.91 Å². The van der Waals surface area contributed by atoms with Gasteiger partial charge in [0.2, 0.25) is 5.95 Å². The van der Waals surface area contributed by atoms with Crippen LogP contribution in [0.3, 0.4) is 0 Å². The lowest BCUT2D eigenvalue weighted by molar-refractivity contribution is 0.0956. The number of anilines is 1. The van der Waals surface area contributed by atoms with Crippen molar-refractivity contribution in [2.24, 2.45) is 0 Å². The van der Waals surface area contributed by atoms with Gasteiger partial charge in [0.15, 0.2) is 0 Å². The third kappa shape index (κ3) is 4.25. The first-order valence-corrected chi connectivity index (χ1v) is 10.1. The lowest BCUT2D eigenvalue weighted by atomic mass is 10.1. The molecule has 0 spiro atoms. The van der Waals surface area contributed by atoms with E-state index in [9.17, 15) is 4.79 Å². The summed E-state index contributed by atoms with van der Waals surface area (Å²) in [4.78, 5) is 23.5. The van der Waals surface area contributed by atoms with E-state index in [1.54, 1.807) is 41.4 Å². The third-order valence-electron chi connectivity index (χ3n) is 4.78. The number of carbonyl (C=O) groups excluding carboxylic acids is 1. The minimum atomic E-state index is -0.165. The Morgan fingerprint density at radius 3 is 2.50 bits per heavy atom. The lowest BCUT2D eigenvalue weighted by Crippen LogP contribution is -2.32. The highest BCUT2D eigenvalue weighted by Crippen LogP contribution is 2.26. The Morgan fingerprint density at radius 1 is 1.07 bits per heavy atom. The van der Waals surface area contributed by atoms with Crippen molar-refractivity contribution < 1.29 is 4.79 Å². The molecule has 1 N–H and O–H groups in total. The van der Waals surface area contributed by atoms with Crippen LogP contribution in [-0.4, -0.2) is 40.6 Å². The molecule has 0 unspecified atom stereocenters. The zero-order chi connectivity index (χ0) is 21.1. The molecule has 2 aromatic heterocycles. The molecule has 0 saturated heterocycles. The van der Waals surface area contributed by atoms with E-state index in [0.717, 1.165) is 16.6 Å². The number of hydrogen-bond acceptors (Lipinski definition) is 4. The Bertz CT molecular complexity index is 1180. The summed E-state index contributed by atoms with van der Waals surface area (Å²) in [7, 11) is 1.97. The number of amides is 1. The van der Waals surface area contributed by atoms with Crippen molar-refractivity contribution in [3.05, 3.63) is 82.7 Å². The maximum absolute atomic E-state index is 12.9. The molecule has 0 bridgehead atoms. The van der Waals surface area contributed by atoms with Gasteiger partial charge in [-0.25, -0.2) is 9.97 Å². The lowest BCUT2D eigenvalue weighted by Gasteiger charge is -2.19. The average Bonchev–Trinajstić information content (AvgIpc) is 3.13. The second kappa shape index (κ2) is 8.73. The number of halogens is 2. The standard InChI is InChI=1S/C22H19Cl2N5O/c1-28(17-6-3-15(23)4-7-17)12-11-25-21(30)19-14-29(22-26-9-2-10-27-22)20-13-16(24)5-8-18(19)20/h2-10,13-14H,11-12H2,1H3,(H,25,30). The van der Waals surface area contributed by atoms with E-state index in [1.165, 1.54) is 0 Å². The van der Waals surface area contributed by atoms with Crippen LogP contribution < -0.4 is 10.2 Å². The van der Waals surface area contributed by atoms with Gasteiger partial charge in [-0.05, 0) is 42.5 Å². The number of nitrogens with one attached hydrogen (secondary N) is 1. The third-order valence-corrected chi connectivity index (χ3v) is 5.27. The van der Waals surface area contributed by atoms with Crippen LogP contribution in [0, 0.1) is 0 Å². The number of fused-ring (bicyclic) bond motifs is 1. The van der Waals surface area contributed by atoms with Crippen LogP contribution in [0.4, 0.5) is 5.69 Å². The topological polar surface area (TPSA) is 63.1 Å². The summed E-state index contributed by atoms with van der Waals surface area (Å²) in [6.07, 6.45) is 5.06. The summed E-state index contributed by atoms with van der Waals surface area (Å²) in [6, 6.07) is 14.7. The van der Waals surface area contributed by atoms with Crippen LogP contribution in [0.5, 0.6) is 0 Å². The Kier molecular flexibility index (Phi) is 5.88. The molecule has 2 aromatic carbocycles. The molecule has 2 heterocycles.